The summed E-state index contributed by atoms with van der Waals surface area (Å²) in [6.07, 6.45) is 0. The molecule has 13 aromatic rings. The van der Waals surface area contributed by atoms with Crippen LogP contribution in [0.25, 0.3) is 105 Å². The lowest BCUT2D eigenvalue weighted by Gasteiger charge is -2.26. The second-order valence-electron chi connectivity index (χ2n) is 17.7. The van der Waals surface area contributed by atoms with Crippen LogP contribution >= 0.6 is 0 Å². The minimum atomic E-state index is 0.902. The van der Waals surface area contributed by atoms with Crippen molar-refractivity contribution in [3.05, 3.63) is 267 Å². The minimum absolute atomic E-state index is 0.902. The lowest BCUT2D eigenvalue weighted by atomic mass is 9.96. The minimum Gasteiger partial charge on any atom is -0.456 e. The van der Waals surface area contributed by atoms with Gasteiger partial charge in [-0.05, 0) is 134 Å². The second-order valence-corrected chi connectivity index (χ2v) is 17.7. The molecule has 0 aliphatic rings. The molecule has 2 aromatic heterocycles. The van der Waals surface area contributed by atoms with Crippen molar-refractivity contribution in [2.45, 2.75) is 0 Å². The fraction of sp³-hybridized carbons (Fsp3) is 0. The van der Waals surface area contributed by atoms with E-state index in [1.165, 1.54) is 55.2 Å². The predicted octanol–water partition coefficient (Wildman–Crippen LogP) is 18.5. The maximum absolute atomic E-state index is 6.25. The fourth-order valence-electron chi connectivity index (χ4n) is 10.3. The molecule has 13 rings (SSSR count). The third-order valence-corrected chi connectivity index (χ3v) is 13.6. The van der Waals surface area contributed by atoms with Gasteiger partial charge in [0.2, 0.25) is 0 Å². The zero-order chi connectivity index (χ0) is 45.7. The van der Waals surface area contributed by atoms with E-state index in [0.29, 0.717) is 0 Å². The molecule has 0 aliphatic carbocycles. The van der Waals surface area contributed by atoms with Gasteiger partial charge in [-0.25, -0.2) is 0 Å². The Balaban J connectivity index is 0.818. The zero-order valence-electron chi connectivity index (χ0n) is 37.7. The molecule has 0 saturated heterocycles. The molecule has 0 fully saturated rings. The second kappa shape index (κ2) is 16.9. The molecular weight excluding hydrogens is 837 g/mol. The Bertz CT molecular complexity index is 3940. The maximum Gasteiger partial charge on any atom is 0.136 e. The van der Waals surface area contributed by atoms with Gasteiger partial charge in [-0.1, -0.05) is 188 Å². The Hall–Kier alpha value is -9.18. The van der Waals surface area contributed by atoms with Crippen molar-refractivity contribution in [2.24, 2.45) is 0 Å². The number of benzene rings is 11. The summed E-state index contributed by atoms with van der Waals surface area (Å²) in [6, 6.07) is 96.0. The van der Waals surface area contributed by atoms with Gasteiger partial charge in [-0.3, -0.25) is 0 Å². The van der Waals surface area contributed by atoms with E-state index in [4.69, 9.17) is 4.42 Å². The topological polar surface area (TPSA) is 21.3 Å². The maximum atomic E-state index is 6.25. The summed E-state index contributed by atoms with van der Waals surface area (Å²) in [5.74, 6) is 0. The Morgan fingerprint density at radius 1 is 0.275 bits per heavy atom. The molecule has 0 amide bonds. The summed E-state index contributed by atoms with van der Waals surface area (Å²) in [5, 5.41) is 4.81. The fourth-order valence-corrected chi connectivity index (χ4v) is 10.3. The first kappa shape index (κ1) is 40.1. The Morgan fingerprint density at radius 2 is 0.725 bits per heavy atom. The van der Waals surface area contributed by atoms with Crippen molar-refractivity contribution >= 4 is 60.8 Å². The van der Waals surface area contributed by atoms with E-state index < -0.39 is 0 Å². The summed E-state index contributed by atoms with van der Waals surface area (Å²) in [7, 11) is 0. The lowest BCUT2D eigenvalue weighted by Crippen LogP contribution is -2.10. The normalized spacial score (nSPS) is 11.5. The van der Waals surface area contributed by atoms with Crippen molar-refractivity contribution in [2.75, 3.05) is 4.90 Å². The third kappa shape index (κ3) is 7.25. The van der Waals surface area contributed by atoms with Gasteiger partial charge in [-0.2, -0.15) is 0 Å². The molecular formula is C66H44N2O. The summed E-state index contributed by atoms with van der Waals surface area (Å²) < 4.78 is 8.62. The number of para-hydroxylation sites is 3. The van der Waals surface area contributed by atoms with Crippen LogP contribution in [0.3, 0.4) is 0 Å². The van der Waals surface area contributed by atoms with Crippen LogP contribution in [0.4, 0.5) is 17.1 Å². The Kier molecular flexibility index (Phi) is 9.84. The highest BCUT2D eigenvalue weighted by molar-refractivity contribution is 6.12. The smallest absolute Gasteiger partial charge is 0.136 e. The number of nitrogens with zero attached hydrogens (tertiary/aromatic N) is 2. The predicted molar refractivity (Wildman–Crippen MR) is 290 cm³/mol. The van der Waals surface area contributed by atoms with Crippen LogP contribution in [0.1, 0.15) is 0 Å². The zero-order valence-corrected chi connectivity index (χ0v) is 37.7. The Labute approximate surface area is 401 Å². The van der Waals surface area contributed by atoms with E-state index in [1.54, 1.807) is 0 Å². The molecule has 11 aromatic carbocycles. The molecule has 0 N–H and O–H groups in total. The highest BCUT2D eigenvalue weighted by Gasteiger charge is 2.17. The standard InChI is InChI=1S/C66H44N2O/c1-2-14-45(15-3-1)51-17-11-20-56(43-51)67(55-40-36-49(37-41-55)50-16-10-19-53(42-50)58-25-13-29-65-66(58)61-24-6-9-28-64(61)69-65)54-38-34-47(35-39-54)46-30-32-48(33-31-46)52-18-12-21-57(44-52)68-62-26-7-4-22-59(62)60-23-5-8-27-63(60)68/h1-44H. The summed E-state index contributed by atoms with van der Waals surface area (Å²) >= 11 is 0. The molecule has 3 nitrogen and oxygen atoms in total. The highest BCUT2D eigenvalue weighted by Crippen LogP contribution is 2.41. The van der Waals surface area contributed by atoms with Crippen LogP contribution in [0, 0.1) is 0 Å². The van der Waals surface area contributed by atoms with E-state index in [2.05, 4.69) is 264 Å². The molecule has 0 saturated carbocycles. The average molecular weight is 881 g/mol. The van der Waals surface area contributed by atoms with Gasteiger partial charge in [-0.15, -0.1) is 0 Å². The summed E-state index contributed by atoms with van der Waals surface area (Å²) in [6.45, 7) is 0. The number of rotatable bonds is 9. The molecule has 0 aliphatic heterocycles. The largest absolute Gasteiger partial charge is 0.456 e. The van der Waals surface area contributed by atoms with Crippen LogP contribution in [-0.2, 0) is 0 Å². The molecule has 69 heavy (non-hydrogen) atoms. The molecule has 0 bridgehead atoms. The summed E-state index contributed by atoms with van der Waals surface area (Å²) in [5.41, 5.74) is 20.3. The SMILES string of the molecule is c1ccc(-c2cccc(N(c3ccc(-c4ccc(-c5cccc(-n6c7ccccc7c7ccccc76)c5)cc4)cc3)c3ccc(-c4cccc(-c5cccc6oc7ccccc7c56)c4)cc3)c2)cc1. The van der Waals surface area contributed by atoms with Crippen molar-refractivity contribution in [1.82, 2.24) is 4.57 Å². The molecule has 0 unspecified atom stereocenters. The highest BCUT2D eigenvalue weighted by atomic mass is 16.3. The van der Waals surface area contributed by atoms with Gasteiger partial charge in [0.05, 0.1) is 11.0 Å². The Morgan fingerprint density at radius 3 is 1.39 bits per heavy atom. The number of furan rings is 1. The van der Waals surface area contributed by atoms with Crippen molar-refractivity contribution in [3.8, 4) is 61.3 Å². The van der Waals surface area contributed by atoms with E-state index in [0.717, 1.165) is 66.9 Å². The molecule has 0 radical (unpaired) electrons. The van der Waals surface area contributed by atoms with E-state index in [-0.39, 0.29) is 0 Å². The molecule has 2 heterocycles. The van der Waals surface area contributed by atoms with Crippen molar-refractivity contribution in [1.29, 1.82) is 0 Å². The van der Waals surface area contributed by atoms with Gasteiger partial charge < -0.3 is 13.9 Å². The molecule has 324 valence electrons. The lowest BCUT2D eigenvalue weighted by molar-refractivity contribution is 0.669. The molecule has 0 spiro atoms. The monoisotopic (exact) mass is 880 g/mol. The first-order valence-electron chi connectivity index (χ1n) is 23.6. The first-order valence-corrected chi connectivity index (χ1v) is 23.6. The number of hydrogen-bond acceptors (Lipinski definition) is 2. The van der Waals surface area contributed by atoms with Gasteiger partial charge in [0.25, 0.3) is 0 Å². The molecule has 0 atom stereocenters. The van der Waals surface area contributed by atoms with Crippen LogP contribution in [-0.4, -0.2) is 4.57 Å². The van der Waals surface area contributed by atoms with Crippen LogP contribution in [0.15, 0.2) is 271 Å². The quantitative estimate of drug-likeness (QED) is 0.144. The van der Waals surface area contributed by atoms with Crippen LogP contribution in [0.5, 0.6) is 0 Å². The van der Waals surface area contributed by atoms with Gasteiger partial charge in [0.1, 0.15) is 11.2 Å². The van der Waals surface area contributed by atoms with Gasteiger partial charge in [0.15, 0.2) is 0 Å². The van der Waals surface area contributed by atoms with E-state index in [9.17, 15) is 0 Å². The average Bonchev–Trinajstić information content (AvgIpc) is 3.98. The number of fused-ring (bicyclic) bond motifs is 6. The van der Waals surface area contributed by atoms with Crippen molar-refractivity contribution in [3.63, 3.8) is 0 Å². The number of hydrogen-bond donors (Lipinski definition) is 0. The first-order chi connectivity index (χ1) is 34.2. The van der Waals surface area contributed by atoms with E-state index >= 15 is 0 Å². The van der Waals surface area contributed by atoms with Gasteiger partial charge in [0, 0.05) is 44.3 Å². The molecule has 3 heteroatoms. The third-order valence-electron chi connectivity index (χ3n) is 13.6. The van der Waals surface area contributed by atoms with Gasteiger partial charge >= 0.3 is 0 Å². The summed E-state index contributed by atoms with van der Waals surface area (Å²) in [4.78, 5) is 2.36. The number of aromatic nitrogens is 1. The van der Waals surface area contributed by atoms with E-state index in [1.807, 2.05) is 12.1 Å². The van der Waals surface area contributed by atoms with Crippen LogP contribution in [0.2, 0.25) is 0 Å². The van der Waals surface area contributed by atoms with Crippen molar-refractivity contribution < 1.29 is 4.42 Å². The number of anilines is 3. The van der Waals surface area contributed by atoms with Crippen LogP contribution < -0.4 is 4.90 Å².